The number of nitro groups is 1. The van der Waals surface area contributed by atoms with Gasteiger partial charge in [0.15, 0.2) is 0 Å². The summed E-state index contributed by atoms with van der Waals surface area (Å²) >= 11 is 3.32. The van der Waals surface area contributed by atoms with Crippen LogP contribution in [0, 0.1) is 10.1 Å². The van der Waals surface area contributed by atoms with Crippen LogP contribution in [-0.4, -0.2) is 32.1 Å². The summed E-state index contributed by atoms with van der Waals surface area (Å²) in [6.45, 7) is 5.29. The fraction of sp³-hybridized carbons (Fsp3) is 0.160. The second kappa shape index (κ2) is 9.78. The van der Waals surface area contributed by atoms with Gasteiger partial charge in [-0.1, -0.05) is 15.9 Å². The van der Waals surface area contributed by atoms with Gasteiger partial charge in [0.1, 0.15) is 17.7 Å². The van der Waals surface area contributed by atoms with E-state index in [-0.39, 0.29) is 22.7 Å². The summed E-state index contributed by atoms with van der Waals surface area (Å²) in [6, 6.07) is 15.6. The fourth-order valence-electron chi connectivity index (χ4n) is 3.26. The van der Waals surface area contributed by atoms with E-state index in [0.29, 0.717) is 16.7 Å². The number of hydrogen-bond acceptors (Lipinski definition) is 7. The summed E-state index contributed by atoms with van der Waals surface area (Å²) in [6.07, 6.45) is 0.760. The van der Waals surface area contributed by atoms with Crippen LogP contribution in [0.25, 0.3) is 11.0 Å². The third kappa shape index (κ3) is 5.69. The number of imidazole rings is 1. The maximum absolute atomic E-state index is 12.6. The lowest BCUT2D eigenvalue weighted by molar-refractivity contribution is -0.385. The maximum atomic E-state index is 12.6. The molecule has 0 radical (unpaired) electrons. The van der Waals surface area contributed by atoms with Crippen molar-refractivity contribution < 1.29 is 24.0 Å². The lowest BCUT2D eigenvalue weighted by atomic mass is 10.1. The molecular formula is C25H21BrN4O6. The minimum absolute atomic E-state index is 0.0499. The maximum Gasteiger partial charge on any atom is 0.420 e. The summed E-state index contributed by atoms with van der Waals surface area (Å²) in [7, 11) is 0. The molecule has 11 heteroatoms. The summed E-state index contributed by atoms with van der Waals surface area (Å²) in [5.74, 6) is -0.278. The average Bonchev–Trinajstić information content (AvgIpc) is 3.23. The van der Waals surface area contributed by atoms with Crippen molar-refractivity contribution in [1.29, 1.82) is 0 Å². The average molecular weight is 553 g/mol. The molecule has 1 amide bonds. The molecule has 0 aliphatic heterocycles. The Kier molecular flexibility index (Phi) is 6.75. The quantitative estimate of drug-likeness (QED) is 0.220. The zero-order valence-corrected chi connectivity index (χ0v) is 21.1. The van der Waals surface area contributed by atoms with Crippen molar-refractivity contribution in [3.63, 3.8) is 0 Å². The number of carbonyl (C=O) groups excluding carboxylic acids is 2. The molecular weight excluding hydrogens is 532 g/mol. The highest BCUT2D eigenvalue weighted by molar-refractivity contribution is 9.10. The summed E-state index contributed by atoms with van der Waals surface area (Å²) in [4.78, 5) is 40.3. The van der Waals surface area contributed by atoms with Crippen molar-refractivity contribution in [2.24, 2.45) is 0 Å². The van der Waals surface area contributed by atoms with Crippen LogP contribution in [0.2, 0.25) is 0 Å². The first-order valence-corrected chi connectivity index (χ1v) is 11.5. The van der Waals surface area contributed by atoms with E-state index >= 15 is 0 Å². The van der Waals surface area contributed by atoms with Crippen LogP contribution < -0.4 is 10.1 Å². The number of anilines is 1. The zero-order chi connectivity index (χ0) is 26.0. The van der Waals surface area contributed by atoms with Gasteiger partial charge in [-0.15, -0.1) is 0 Å². The van der Waals surface area contributed by atoms with E-state index in [0.717, 1.165) is 10.5 Å². The second-order valence-corrected chi connectivity index (χ2v) is 9.66. The smallest absolute Gasteiger partial charge is 0.420 e. The van der Waals surface area contributed by atoms with Gasteiger partial charge in [-0.05, 0) is 69.3 Å². The Hall–Kier alpha value is -4.25. The van der Waals surface area contributed by atoms with Crippen LogP contribution in [0.15, 0.2) is 71.5 Å². The normalized spacial score (nSPS) is 11.2. The number of fused-ring (bicyclic) bond motifs is 1. The number of ether oxygens (including phenoxy) is 2. The van der Waals surface area contributed by atoms with Gasteiger partial charge >= 0.3 is 11.8 Å². The van der Waals surface area contributed by atoms with Gasteiger partial charge < -0.3 is 14.8 Å². The van der Waals surface area contributed by atoms with E-state index in [2.05, 4.69) is 26.2 Å². The second-order valence-electron chi connectivity index (χ2n) is 8.75. The summed E-state index contributed by atoms with van der Waals surface area (Å²) < 4.78 is 13.2. The molecule has 0 aliphatic rings. The Labute approximate surface area is 214 Å². The SMILES string of the molecule is CC(C)(C)OC(=O)n1cnc2cc(Oc3ccc(C(=O)Nc4ccc(Br)cc4)cc3[N+](=O)[O-])ccc21. The zero-order valence-electron chi connectivity index (χ0n) is 19.5. The third-order valence-electron chi connectivity index (χ3n) is 4.86. The Morgan fingerprint density at radius 1 is 1.06 bits per heavy atom. The van der Waals surface area contributed by atoms with Crippen LogP contribution in [0.1, 0.15) is 31.1 Å². The third-order valence-corrected chi connectivity index (χ3v) is 5.39. The molecule has 0 saturated heterocycles. The lowest BCUT2D eigenvalue weighted by Gasteiger charge is -2.19. The van der Waals surface area contributed by atoms with Crippen molar-refractivity contribution in [3.8, 4) is 11.5 Å². The molecule has 3 aromatic carbocycles. The first-order valence-electron chi connectivity index (χ1n) is 10.7. The van der Waals surface area contributed by atoms with Gasteiger partial charge in [0, 0.05) is 27.9 Å². The Balaban J connectivity index is 1.56. The molecule has 4 rings (SSSR count). The number of hydrogen-bond donors (Lipinski definition) is 1. The van der Waals surface area contributed by atoms with Crippen molar-refractivity contribution in [2.75, 3.05) is 5.32 Å². The number of halogens is 1. The first kappa shape index (κ1) is 24.9. The highest BCUT2D eigenvalue weighted by Gasteiger charge is 2.22. The van der Waals surface area contributed by atoms with Gasteiger partial charge in [0.25, 0.3) is 5.91 Å². The van der Waals surface area contributed by atoms with Gasteiger partial charge in [-0.3, -0.25) is 14.9 Å². The number of nitrogens with zero attached hydrogens (tertiary/aromatic N) is 3. The van der Waals surface area contributed by atoms with Gasteiger partial charge in [0.2, 0.25) is 5.75 Å². The molecule has 36 heavy (non-hydrogen) atoms. The molecule has 1 aromatic heterocycles. The molecule has 0 unspecified atom stereocenters. The number of amides is 1. The molecule has 10 nitrogen and oxygen atoms in total. The number of carbonyl (C=O) groups is 2. The van der Waals surface area contributed by atoms with Crippen molar-refractivity contribution in [3.05, 3.63) is 87.1 Å². The molecule has 0 saturated carbocycles. The fourth-order valence-corrected chi connectivity index (χ4v) is 3.53. The number of nitrogens with one attached hydrogen (secondary N) is 1. The Morgan fingerprint density at radius 2 is 1.78 bits per heavy atom. The molecule has 0 fully saturated rings. The Morgan fingerprint density at radius 3 is 2.44 bits per heavy atom. The van der Waals surface area contributed by atoms with E-state index in [1.54, 1.807) is 63.2 Å². The van der Waals surface area contributed by atoms with E-state index in [9.17, 15) is 19.7 Å². The number of benzene rings is 3. The van der Waals surface area contributed by atoms with Crippen molar-refractivity contribution in [2.45, 2.75) is 26.4 Å². The largest absolute Gasteiger partial charge is 0.450 e. The minimum Gasteiger partial charge on any atom is -0.450 e. The molecule has 4 aromatic rings. The van der Waals surface area contributed by atoms with Crippen molar-refractivity contribution in [1.82, 2.24) is 9.55 Å². The van der Waals surface area contributed by atoms with Crippen LogP contribution in [0.3, 0.4) is 0 Å². The molecule has 0 aliphatic carbocycles. The summed E-state index contributed by atoms with van der Waals surface area (Å²) in [5.41, 5.74) is 0.529. The minimum atomic E-state index is -0.670. The molecule has 1 N–H and O–H groups in total. The van der Waals surface area contributed by atoms with Gasteiger partial charge in [-0.2, -0.15) is 0 Å². The molecule has 0 bridgehead atoms. The van der Waals surface area contributed by atoms with Crippen LogP contribution >= 0.6 is 15.9 Å². The number of aromatic nitrogens is 2. The van der Waals surface area contributed by atoms with Crippen LogP contribution in [-0.2, 0) is 4.74 Å². The molecule has 184 valence electrons. The van der Waals surface area contributed by atoms with Crippen LogP contribution in [0.4, 0.5) is 16.2 Å². The summed E-state index contributed by atoms with van der Waals surface area (Å²) in [5, 5.41) is 14.4. The first-order chi connectivity index (χ1) is 17.0. The van der Waals surface area contributed by atoms with E-state index in [1.807, 2.05) is 0 Å². The van der Waals surface area contributed by atoms with Gasteiger partial charge in [-0.25, -0.2) is 14.3 Å². The Bertz CT molecular complexity index is 1470. The topological polar surface area (TPSA) is 126 Å². The molecule has 0 atom stereocenters. The van der Waals surface area contributed by atoms with Gasteiger partial charge in [0.05, 0.1) is 16.0 Å². The van der Waals surface area contributed by atoms with Crippen molar-refractivity contribution >= 4 is 50.3 Å². The standard InChI is InChI=1S/C25H21BrN4O6/c1-25(2,3)36-24(32)29-14-27-19-13-18(9-10-20(19)29)35-22-11-4-15(12-21(22)30(33)34)23(31)28-17-7-5-16(26)6-8-17/h4-14H,1-3H3,(H,28,31). The van der Waals surface area contributed by atoms with E-state index < -0.39 is 22.5 Å². The van der Waals surface area contributed by atoms with Crippen LogP contribution in [0.5, 0.6) is 11.5 Å². The monoisotopic (exact) mass is 552 g/mol. The number of nitro benzene ring substituents is 1. The predicted octanol–water partition coefficient (Wildman–Crippen LogP) is 6.53. The number of rotatable bonds is 5. The molecule has 0 spiro atoms. The van der Waals surface area contributed by atoms with E-state index in [4.69, 9.17) is 9.47 Å². The highest BCUT2D eigenvalue weighted by atomic mass is 79.9. The van der Waals surface area contributed by atoms with E-state index in [1.165, 1.54) is 23.0 Å². The highest BCUT2D eigenvalue weighted by Crippen LogP contribution is 2.33. The molecule has 1 heterocycles. The predicted molar refractivity (Wildman–Crippen MR) is 137 cm³/mol. The lowest BCUT2D eigenvalue weighted by Crippen LogP contribution is -2.26.